The maximum absolute atomic E-state index is 9.59. The van der Waals surface area contributed by atoms with Gasteiger partial charge in [0.05, 0.1) is 5.56 Å². The largest absolute Gasteiger partial charge is 0.435 e. The normalized spacial score (nSPS) is 17.7. The van der Waals surface area contributed by atoms with Crippen molar-refractivity contribution in [2.24, 2.45) is 5.92 Å². The number of rotatable bonds is 3. The minimum absolute atomic E-state index is 0.564. The van der Waals surface area contributed by atoms with Crippen LogP contribution in [0, 0.1) is 31.1 Å². The highest BCUT2D eigenvalue weighted by molar-refractivity contribution is 5.83. The van der Waals surface area contributed by atoms with Crippen LogP contribution < -0.4 is 0 Å². The molecule has 2 heterocycles. The standard InChI is InChI=1S/C22H23N3O/c1-14-7-8-25(12-14)13-17-9-18(11-23)21-20(10-17)24-22(26-21)19-6-4-5-15(2)16(19)3/h4-6,9-10,14H,7-8,12-13H2,1-3H3/t14-/m1/s1. The molecule has 0 unspecified atom stereocenters. The second kappa shape index (κ2) is 6.59. The third kappa shape index (κ3) is 3.00. The Morgan fingerprint density at radius 3 is 2.88 bits per heavy atom. The predicted molar refractivity (Wildman–Crippen MR) is 103 cm³/mol. The van der Waals surface area contributed by atoms with Gasteiger partial charge in [0.15, 0.2) is 5.58 Å². The van der Waals surface area contributed by atoms with Gasteiger partial charge in [0, 0.05) is 18.7 Å². The van der Waals surface area contributed by atoms with Crippen LogP contribution in [0.1, 0.15) is 35.6 Å². The van der Waals surface area contributed by atoms with Gasteiger partial charge in [-0.05, 0) is 67.6 Å². The molecule has 1 aliphatic rings. The van der Waals surface area contributed by atoms with Crippen molar-refractivity contribution >= 4 is 11.1 Å². The summed E-state index contributed by atoms with van der Waals surface area (Å²) >= 11 is 0. The summed E-state index contributed by atoms with van der Waals surface area (Å²) in [6, 6.07) is 12.4. The fourth-order valence-electron chi connectivity index (χ4n) is 3.79. The summed E-state index contributed by atoms with van der Waals surface area (Å²) in [5.41, 5.74) is 6.39. The van der Waals surface area contributed by atoms with Crippen LogP contribution in [0.2, 0.25) is 0 Å². The fourth-order valence-corrected chi connectivity index (χ4v) is 3.79. The quantitative estimate of drug-likeness (QED) is 0.682. The first-order valence-electron chi connectivity index (χ1n) is 9.17. The van der Waals surface area contributed by atoms with Gasteiger partial charge in [0.2, 0.25) is 5.89 Å². The predicted octanol–water partition coefficient (Wildman–Crippen LogP) is 4.83. The molecule has 1 atom stereocenters. The lowest BCUT2D eigenvalue weighted by Crippen LogP contribution is -2.19. The monoisotopic (exact) mass is 345 g/mol. The molecule has 1 saturated heterocycles. The zero-order valence-electron chi connectivity index (χ0n) is 15.5. The van der Waals surface area contributed by atoms with E-state index in [0.29, 0.717) is 17.0 Å². The van der Waals surface area contributed by atoms with E-state index < -0.39 is 0 Å². The van der Waals surface area contributed by atoms with Crippen molar-refractivity contribution in [3.05, 3.63) is 52.6 Å². The van der Waals surface area contributed by atoms with E-state index in [1.54, 1.807) is 0 Å². The van der Waals surface area contributed by atoms with Crippen molar-refractivity contribution in [3.8, 4) is 17.5 Å². The molecule has 4 heteroatoms. The zero-order chi connectivity index (χ0) is 18.3. The summed E-state index contributed by atoms with van der Waals surface area (Å²) in [5.74, 6) is 1.33. The van der Waals surface area contributed by atoms with Gasteiger partial charge in [-0.25, -0.2) is 4.98 Å². The Morgan fingerprint density at radius 1 is 1.31 bits per heavy atom. The fraction of sp³-hybridized carbons (Fsp3) is 0.364. The first-order valence-corrected chi connectivity index (χ1v) is 9.17. The maximum atomic E-state index is 9.59. The van der Waals surface area contributed by atoms with Gasteiger partial charge in [0.1, 0.15) is 11.6 Å². The highest BCUT2D eigenvalue weighted by atomic mass is 16.3. The highest BCUT2D eigenvalue weighted by Crippen LogP contribution is 2.31. The Balaban J connectivity index is 1.75. The molecule has 0 radical (unpaired) electrons. The number of fused-ring (bicyclic) bond motifs is 1. The van der Waals surface area contributed by atoms with Crippen LogP contribution in [0.4, 0.5) is 0 Å². The molecule has 1 fully saturated rings. The second-order valence-electron chi connectivity index (χ2n) is 7.50. The molecular weight excluding hydrogens is 322 g/mol. The Morgan fingerprint density at radius 2 is 2.15 bits per heavy atom. The lowest BCUT2D eigenvalue weighted by atomic mass is 10.0. The van der Waals surface area contributed by atoms with Gasteiger partial charge in [-0.2, -0.15) is 5.26 Å². The van der Waals surface area contributed by atoms with Gasteiger partial charge < -0.3 is 4.42 Å². The second-order valence-corrected chi connectivity index (χ2v) is 7.50. The molecule has 132 valence electrons. The minimum atomic E-state index is 0.564. The molecule has 0 amide bonds. The zero-order valence-corrected chi connectivity index (χ0v) is 15.5. The van der Waals surface area contributed by atoms with Crippen LogP contribution in [0.15, 0.2) is 34.7 Å². The first-order chi connectivity index (χ1) is 12.5. The van der Waals surface area contributed by atoms with Crippen molar-refractivity contribution < 1.29 is 4.42 Å². The SMILES string of the molecule is Cc1cccc(-c2nc3cc(CN4CC[C@@H](C)C4)cc(C#N)c3o2)c1C. The molecule has 1 aliphatic heterocycles. The number of aromatic nitrogens is 1. The van der Waals surface area contributed by atoms with Crippen molar-refractivity contribution in [2.75, 3.05) is 13.1 Å². The number of likely N-dealkylation sites (tertiary alicyclic amines) is 1. The molecule has 0 N–H and O–H groups in total. The lowest BCUT2D eigenvalue weighted by molar-refractivity contribution is 0.320. The van der Waals surface area contributed by atoms with Gasteiger partial charge >= 0.3 is 0 Å². The van der Waals surface area contributed by atoms with Gasteiger partial charge in [-0.3, -0.25) is 4.90 Å². The van der Waals surface area contributed by atoms with Crippen molar-refractivity contribution in [3.63, 3.8) is 0 Å². The van der Waals surface area contributed by atoms with Crippen LogP contribution in [-0.4, -0.2) is 23.0 Å². The summed E-state index contributed by atoms with van der Waals surface area (Å²) in [6.45, 7) is 9.54. The van der Waals surface area contributed by atoms with Crippen molar-refractivity contribution in [1.29, 1.82) is 5.26 Å². The minimum Gasteiger partial charge on any atom is -0.435 e. The number of nitriles is 1. The maximum Gasteiger partial charge on any atom is 0.227 e. The van der Waals surface area contributed by atoms with Gasteiger partial charge in [-0.1, -0.05) is 19.1 Å². The van der Waals surface area contributed by atoms with Crippen LogP contribution in [0.25, 0.3) is 22.6 Å². The van der Waals surface area contributed by atoms with E-state index in [0.717, 1.165) is 47.8 Å². The molecule has 0 spiro atoms. The van der Waals surface area contributed by atoms with E-state index in [9.17, 15) is 5.26 Å². The summed E-state index contributed by atoms with van der Waals surface area (Å²) in [4.78, 5) is 7.15. The number of hydrogen-bond acceptors (Lipinski definition) is 4. The number of benzene rings is 2. The van der Waals surface area contributed by atoms with Gasteiger partial charge in [-0.15, -0.1) is 0 Å². The van der Waals surface area contributed by atoms with E-state index in [1.807, 2.05) is 18.2 Å². The molecule has 2 aromatic carbocycles. The third-order valence-corrected chi connectivity index (χ3v) is 5.42. The van der Waals surface area contributed by atoms with Crippen LogP contribution in [0.3, 0.4) is 0 Å². The summed E-state index contributed by atoms with van der Waals surface area (Å²) in [7, 11) is 0. The molecule has 0 bridgehead atoms. The molecule has 3 aromatic rings. The third-order valence-electron chi connectivity index (χ3n) is 5.42. The molecule has 0 saturated carbocycles. The molecule has 1 aromatic heterocycles. The molecular formula is C22H23N3O. The van der Waals surface area contributed by atoms with Gasteiger partial charge in [0.25, 0.3) is 0 Å². The Kier molecular flexibility index (Phi) is 4.26. The molecule has 4 nitrogen and oxygen atoms in total. The lowest BCUT2D eigenvalue weighted by Gasteiger charge is -2.15. The number of oxazole rings is 1. The number of nitrogens with zero attached hydrogens (tertiary/aromatic N) is 3. The van der Waals surface area contributed by atoms with Crippen molar-refractivity contribution in [1.82, 2.24) is 9.88 Å². The van der Waals surface area contributed by atoms with Crippen LogP contribution in [0.5, 0.6) is 0 Å². The Bertz CT molecular complexity index is 1010. The van der Waals surface area contributed by atoms with E-state index in [4.69, 9.17) is 9.40 Å². The molecule has 4 rings (SSSR count). The first kappa shape index (κ1) is 16.8. The summed E-state index contributed by atoms with van der Waals surface area (Å²) < 4.78 is 6.01. The smallest absolute Gasteiger partial charge is 0.227 e. The Hall–Kier alpha value is -2.64. The summed E-state index contributed by atoms with van der Waals surface area (Å²) in [6.07, 6.45) is 1.24. The molecule has 0 aliphatic carbocycles. The van der Waals surface area contributed by atoms with E-state index in [1.165, 1.54) is 12.0 Å². The highest BCUT2D eigenvalue weighted by Gasteiger charge is 2.20. The van der Waals surface area contributed by atoms with E-state index >= 15 is 0 Å². The van der Waals surface area contributed by atoms with Crippen LogP contribution >= 0.6 is 0 Å². The Labute approximate surface area is 154 Å². The summed E-state index contributed by atoms with van der Waals surface area (Å²) in [5, 5.41) is 9.59. The average Bonchev–Trinajstić information content (AvgIpc) is 3.22. The van der Waals surface area contributed by atoms with E-state index in [2.05, 4.69) is 43.9 Å². The molecule has 26 heavy (non-hydrogen) atoms. The average molecular weight is 345 g/mol. The van der Waals surface area contributed by atoms with E-state index in [-0.39, 0.29) is 0 Å². The number of aryl methyl sites for hydroxylation is 1. The van der Waals surface area contributed by atoms with Crippen molar-refractivity contribution in [2.45, 2.75) is 33.7 Å². The topological polar surface area (TPSA) is 53.1 Å². The number of hydrogen-bond donors (Lipinski definition) is 0. The van der Waals surface area contributed by atoms with Crippen LogP contribution in [-0.2, 0) is 6.54 Å².